The third-order valence-corrected chi connectivity index (χ3v) is 7.25. The lowest BCUT2D eigenvalue weighted by Crippen LogP contribution is -2.40. The van der Waals surface area contributed by atoms with Crippen molar-refractivity contribution < 1.29 is 9.84 Å². The van der Waals surface area contributed by atoms with E-state index in [2.05, 4.69) is 51.0 Å². The third-order valence-electron chi connectivity index (χ3n) is 7.25. The van der Waals surface area contributed by atoms with Crippen molar-refractivity contribution in [2.24, 2.45) is 22.6 Å². The first-order valence-electron chi connectivity index (χ1n) is 13.3. The first-order valence-corrected chi connectivity index (χ1v) is 13.3. The van der Waals surface area contributed by atoms with Gasteiger partial charge in [0.25, 0.3) is 0 Å². The van der Waals surface area contributed by atoms with Crippen LogP contribution in [0.5, 0.6) is 0 Å². The van der Waals surface area contributed by atoms with Gasteiger partial charge in [-0.3, -0.25) is 4.98 Å². The number of aliphatic hydroxyl groups is 1. The van der Waals surface area contributed by atoms with Gasteiger partial charge in [-0.2, -0.15) is 9.78 Å². The molecule has 0 radical (unpaired) electrons. The number of rotatable bonds is 10. The van der Waals surface area contributed by atoms with Crippen molar-refractivity contribution in [3.05, 3.63) is 60.6 Å². The molecule has 0 bridgehead atoms. The summed E-state index contributed by atoms with van der Waals surface area (Å²) in [5.74, 6) is 2.08. The van der Waals surface area contributed by atoms with Crippen molar-refractivity contribution in [2.45, 2.75) is 71.8 Å². The summed E-state index contributed by atoms with van der Waals surface area (Å²) >= 11 is 0. The molecule has 37 heavy (non-hydrogen) atoms. The fourth-order valence-corrected chi connectivity index (χ4v) is 4.78. The van der Waals surface area contributed by atoms with E-state index in [0.717, 1.165) is 48.2 Å². The number of aliphatic imine (C=N–C) groups is 1. The summed E-state index contributed by atoms with van der Waals surface area (Å²) in [6.45, 7) is 10.4. The Labute approximate surface area is 221 Å². The summed E-state index contributed by atoms with van der Waals surface area (Å²) < 4.78 is 7.36. The second kappa shape index (κ2) is 13.0. The molecule has 7 nitrogen and oxygen atoms in total. The maximum Gasteiger partial charge on any atom is 0.165 e. The first kappa shape index (κ1) is 28.5. The minimum Gasteiger partial charge on any atom is -0.393 e. The quantitative estimate of drug-likeness (QED) is 0.294. The van der Waals surface area contributed by atoms with Crippen LogP contribution < -0.4 is 5.73 Å². The van der Waals surface area contributed by atoms with Crippen LogP contribution >= 0.6 is 0 Å². The second-order valence-electron chi connectivity index (χ2n) is 10.4. The van der Waals surface area contributed by atoms with E-state index in [9.17, 15) is 5.11 Å². The first-order chi connectivity index (χ1) is 17.7. The molecule has 2 aromatic rings. The average Bonchev–Trinajstić information content (AvgIpc) is 3.32. The molecule has 3 rings (SSSR count). The van der Waals surface area contributed by atoms with Crippen molar-refractivity contribution >= 4 is 17.4 Å². The molecule has 1 unspecified atom stereocenters. The van der Waals surface area contributed by atoms with Crippen molar-refractivity contribution in [3.63, 3.8) is 0 Å². The molecular weight excluding hydrogens is 462 g/mol. The van der Waals surface area contributed by atoms with Crippen LogP contribution in [0.15, 0.2) is 59.9 Å². The van der Waals surface area contributed by atoms with E-state index >= 15 is 0 Å². The third kappa shape index (κ3) is 7.05. The van der Waals surface area contributed by atoms with Crippen molar-refractivity contribution in [2.75, 3.05) is 13.7 Å². The molecule has 2 aromatic heterocycles. The lowest BCUT2D eigenvalue weighted by atomic mass is 9.77. The Hall–Kier alpha value is -3.03. The number of nitrogens with zero attached hydrogens (tertiary/aromatic N) is 4. The zero-order chi connectivity index (χ0) is 27.0. The lowest BCUT2D eigenvalue weighted by Gasteiger charge is -2.37. The summed E-state index contributed by atoms with van der Waals surface area (Å²) in [6, 6.07) is 4.14. The SMILES string of the molecule is C/C=C\C=C/C(C)c1ccc(-c2cnn(/C(N)=C/C(C)C)c2/N=C(\C)C2CCC(CO)(OC)CC2)cn1. The molecular formula is C30H43N5O2. The molecule has 3 N–H and O–H groups in total. The Kier molecular flexibility index (Phi) is 10.0. The minimum atomic E-state index is -0.430. The van der Waals surface area contributed by atoms with Crippen molar-refractivity contribution in [3.8, 4) is 11.1 Å². The number of hydrogen-bond donors (Lipinski definition) is 2. The summed E-state index contributed by atoms with van der Waals surface area (Å²) in [6.07, 6.45) is 17.4. The number of pyridine rings is 1. The maximum atomic E-state index is 9.81. The highest BCUT2D eigenvalue weighted by Crippen LogP contribution is 2.37. The normalized spacial score (nSPS) is 22.4. The molecule has 0 aliphatic heterocycles. The second-order valence-corrected chi connectivity index (χ2v) is 10.4. The van der Waals surface area contributed by atoms with Crippen LogP contribution in [0.1, 0.15) is 71.9 Å². The Balaban J connectivity index is 1.95. The Morgan fingerprint density at radius 3 is 2.54 bits per heavy atom. The predicted molar refractivity (Wildman–Crippen MR) is 153 cm³/mol. The molecule has 0 spiro atoms. The van der Waals surface area contributed by atoms with Crippen LogP contribution in [0.2, 0.25) is 0 Å². The van der Waals surface area contributed by atoms with E-state index in [1.165, 1.54) is 0 Å². The van der Waals surface area contributed by atoms with Gasteiger partial charge in [-0.25, -0.2) is 4.99 Å². The zero-order valence-corrected chi connectivity index (χ0v) is 23.2. The van der Waals surface area contributed by atoms with Gasteiger partial charge < -0.3 is 15.6 Å². The number of hydrogen-bond acceptors (Lipinski definition) is 6. The van der Waals surface area contributed by atoms with Crippen LogP contribution in [0.4, 0.5) is 5.82 Å². The highest BCUT2D eigenvalue weighted by atomic mass is 16.5. The standard InChI is InChI=1S/C30H43N5O2/c1-7-8-9-10-22(4)27-12-11-25(18-32-27)26-19-33-35(28(31)17-21(2)3)29(26)34-23(5)24-13-15-30(20-36,37-6)16-14-24/h7-12,17-19,21-22,24,36H,13-16,20,31H2,1-6H3/b8-7-,10-9-,28-17+,34-23+. The maximum absolute atomic E-state index is 9.81. The highest BCUT2D eigenvalue weighted by Gasteiger charge is 2.35. The number of aliphatic hydroxyl groups excluding tert-OH is 1. The molecule has 0 saturated heterocycles. The van der Waals surface area contributed by atoms with E-state index < -0.39 is 5.60 Å². The van der Waals surface area contributed by atoms with E-state index in [4.69, 9.17) is 20.4 Å². The van der Waals surface area contributed by atoms with Gasteiger partial charge in [0.15, 0.2) is 5.82 Å². The van der Waals surface area contributed by atoms with Gasteiger partial charge in [0.1, 0.15) is 5.82 Å². The molecule has 7 heteroatoms. The summed E-state index contributed by atoms with van der Waals surface area (Å²) in [5.41, 5.74) is 9.91. The van der Waals surface area contributed by atoms with Crippen LogP contribution in [0.3, 0.4) is 0 Å². The summed E-state index contributed by atoms with van der Waals surface area (Å²) in [4.78, 5) is 9.84. The lowest BCUT2D eigenvalue weighted by molar-refractivity contribution is -0.0791. The van der Waals surface area contributed by atoms with Gasteiger partial charge in [0.2, 0.25) is 0 Å². The Bertz CT molecular complexity index is 1130. The van der Waals surface area contributed by atoms with Crippen LogP contribution in [-0.2, 0) is 4.74 Å². The number of methoxy groups -OCH3 is 1. The highest BCUT2D eigenvalue weighted by molar-refractivity contribution is 5.89. The monoisotopic (exact) mass is 505 g/mol. The molecule has 1 aliphatic carbocycles. The molecule has 1 atom stereocenters. The zero-order valence-electron chi connectivity index (χ0n) is 23.2. The molecule has 0 amide bonds. The van der Waals surface area contributed by atoms with Gasteiger partial charge in [0.05, 0.1) is 18.4 Å². The minimum absolute atomic E-state index is 0.0482. The number of nitrogens with two attached hydrogens (primary N) is 1. The molecule has 1 saturated carbocycles. The summed E-state index contributed by atoms with van der Waals surface area (Å²) in [7, 11) is 1.69. The van der Waals surface area contributed by atoms with E-state index in [-0.39, 0.29) is 18.4 Å². The number of ether oxygens (including phenoxy) is 1. The Morgan fingerprint density at radius 1 is 1.24 bits per heavy atom. The van der Waals surface area contributed by atoms with E-state index in [0.29, 0.717) is 17.6 Å². The molecule has 0 aromatic carbocycles. The van der Waals surface area contributed by atoms with Crippen molar-refractivity contribution in [1.82, 2.24) is 14.8 Å². The number of aromatic nitrogens is 3. The molecule has 1 aliphatic rings. The predicted octanol–water partition coefficient (Wildman–Crippen LogP) is 6.25. The largest absolute Gasteiger partial charge is 0.393 e. The number of allylic oxidation sites excluding steroid dienone is 5. The van der Waals surface area contributed by atoms with E-state index in [1.807, 2.05) is 43.6 Å². The fraction of sp³-hybridized carbons (Fsp3) is 0.500. The molecule has 2 heterocycles. The average molecular weight is 506 g/mol. The molecule has 200 valence electrons. The smallest absolute Gasteiger partial charge is 0.165 e. The van der Waals surface area contributed by atoms with Crippen LogP contribution in [0, 0.1) is 11.8 Å². The molecule has 1 fully saturated rings. The van der Waals surface area contributed by atoms with Gasteiger partial charge in [-0.15, -0.1) is 0 Å². The summed E-state index contributed by atoms with van der Waals surface area (Å²) in [5, 5.41) is 14.4. The van der Waals surface area contributed by atoms with Gasteiger partial charge in [-0.05, 0) is 63.5 Å². The van der Waals surface area contributed by atoms with Crippen LogP contribution in [0.25, 0.3) is 16.9 Å². The fourth-order valence-electron chi connectivity index (χ4n) is 4.78. The van der Waals surface area contributed by atoms with Crippen molar-refractivity contribution in [1.29, 1.82) is 0 Å². The van der Waals surface area contributed by atoms with Gasteiger partial charge in [-0.1, -0.05) is 51.1 Å². The van der Waals surface area contributed by atoms with Gasteiger partial charge >= 0.3 is 0 Å². The Morgan fingerprint density at radius 2 is 1.97 bits per heavy atom. The topological polar surface area (TPSA) is 98.6 Å². The van der Waals surface area contributed by atoms with Gasteiger partial charge in [0, 0.05) is 41.8 Å². The van der Waals surface area contributed by atoms with E-state index in [1.54, 1.807) is 11.8 Å². The van der Waals surface area contributed by atoms with Crippen LogP contribution in [-0.4, -0.2) is 44.9 Å².